The van der Waals surface area contributed by atoms with E-state index in [4.69, 9.17) is 5.73 Å². The van der Waals surface area contributed by atoms with Crippen LogP contribution in [0.4, 0.5) is 5.82 Å². The first kappa shape index (κ1) is 13.7. The van der Waals surface area contributed by atoms with Gasteiger partial charge in [0, 0.05) is 15.3 Å². The van der Waals surface area contributed by atoms with Gasteiger partial charge in [0.2, 0.25) is 0 Å². The van der Waals surface area contributed by atoms with Crippen LogP contribution in [0.1, 0.15) is 35.2 Å². The number of rotatable bonds is 2. The quantitative estimate of drug-likeness (QED) is 0.806. The molecule has 0 spiro atoms. The summed E-state index contributed by atoms with van der Waals surface area (Å²) in [6.45, 7) is 8.44. The maximum atomic E-state index is 6.00. The fraction of sp³-hybridized carbons (Fsp3) is 0.385. The second-order valence-electron chi connectivity index (χ2n) is 4.61. The number of aromatic nitrogens is 2. The third kappa shape index (κ3) is 2.51. The van der Waals surface area contributed by atoms with E-state index in [2.05, 4.69) is 66.3 Å². The molecule has 3 nitrogen and oxygen atoms in total. The van der Waals surface area contributed by atoms with Crippen LogP contribution in [0.15, 0.2) is 6.07 Å². The van der Waals surface area contributed by atoms with Crippen LogP contribution < -0.4 is 5.73 Å². The highest BCUT2D eigenvalue weighted by atomic mass is 127. The van der Waals surface area contributed by atoms with Gasteiger partial charge in [-0.1, -0.05) is 13.8 Å². The van der Waals surface area contributed by atoms with Crippen molar-refractivity contribution in [2.75, 3.05) is 5.73 Å². The predicted molar refractivity (Wildman–Crippen MR) is 86.0 cm³/mol. The smallest absolute Gasteiger partial charge is 0.162 e. The molecule has 2 heterocycles. The molecule has 0 aliphatic rings. The maximum absolute atomic E-state index is 6.00. The summed E-state index contributed by atoms with van der Waals surface area (Å²) < 4.78 is 0.968. The zero-order valence-electron chi connectivity index (χ0n) is 10.9. The largest absolute Gasteiger partial charge is 0.383 e. The summed E-state index contributed by atoms with van der Waals surface area (Å²) in [5, 5.41) is 0. The Hall–Kier alpha value is -0.690. The van der Waals surface area contributed by atoms with E-state index in [1.165, 1.54) is 9.75 Å². The minimum Gasteiger partial charge on any atom is -0.383 e. The molecule has 0 unspecified atom stereocenters. The third-order valence-corrected chi connectivity index (χ3v) is 4.80. The first-order chi connectivity index (χ1) is 8.40. The zero-order valence-corrected chi connectivity index (χ0v) is 13.9. The van der Waals surface area contributed by atoms with Crippen LogP contribution in [0.25, 0.3) is 11.4 Å². The van der Waals surface area contributed by atoms with Crippen molar-refractivity contribution in [3.05, 3.63) is 25.1 Å². The van der Waals surface area contributed by atoms with E-state index >= 15 is 0 Å². The summed E-state index contributed by atoms with van der Waals surface area (Å²) in [7, 11) is 0. The Balaban J connectivity index is 2.62. The first-order valence-corrected chi connectivity index (χ1v) is 7.70. The molecule has 0 radical (unpaired) electrons. The van der Waals surface area contributed by atoms with Gasteiger partial charge in [-0.05, 0) is 48.4 Å². The lowest BCUT2D eigenvalue weighted by molar-refractivity contribution is 0.810. The van der Waals surface area contributed by atoms with Gasteiger partial charge in [0.25, 0.3) is 0 Å². The van der Waals surface area contributed by atoms with Crippen LogP contribution in [0.2, 0.25) is 0 Å². The number of aryl methyl sites for hydroxylation is 2. The molecule has 0 saturated carbocycles. The summed E-state index contributed by atoms with van der Waals surface area (Å²) in [5.74, 6) is 1.67. The number of hydrogen-bond acceptors (Lipinski definition) is 4. The van der Waals surface area contributed by atoms with E-state index in [9.17, 15) is 0 Å². The number of hydrogen-bond donors (Lipinski definition) is 1. The van der Waals surface area contributed by atoms with Gasteiger partial charge >= 0.3 is 0 Å². The molecule has 0 aromatic carbocycles. The summed E-state index contributed by atoms with van der Waals surface area (Å²) in [4.78, 5) is 11.6. The second kappa shape index (κ2) is 5.13. The number of halogens is 1. The van der Waals surface area contributed by atoms with Crippen molar-refractivity contribution in [2.45, 2.75) is 33.6 Å². The Morgan fingerprint density at radius 1 is 1.28 bits per heavy atom. The minimum atomic E-state index is 0.348. The highest BCUT2D eigenvalue weighted by molar-refractivity contribution is 14.1. The van der Waals surface area contributed by atoms with Gasteiger partial charge in [0.1, 0.15) is 5.82 Å². The van der Waals surface area contributed by atoms with Crippen LogP contribution >= 0.6 is 33.9 Å². The van der Waals surface area contributed by atoms with Crippen LogP contribution in [0.5, 0.6) is 0 Å². The molecular formula is C13H16IN3S. The van der Waals surface area contributed by atoms with E-state index < -0.39 is 0 Å². The average molecular weight is 373 g/mol. The molecule has 18 heavy (non-hydrogen) atoms. The van der Waals surface area contributed by atoms with Crippen LogP contribution in [-0.2, 0) is 0 Å². The van der Waals surface area contributed by atoms with Crippen molar-refractivity contribution < 1.29 is 0 Å². The van der Waals surface area contributed by atoms with Gasteiger partial charge in [-0.25, -0.2) is 9.97 Å². The van der Waals surface area contributed by atoms with Gasteiger partial charge in [0.05, 0.1) is 9.26 Å². The van der Waals surface area contributed by atoms with Gasteiger partial charge < -0.3 is 5.73 Å². The molecule has 0 aliphatic heterocycles. The van der Waals surface area contributed by atoms with Crippen molar-refractivity contribution in [3.63, 3.8) is 0 Å². The lowest BCUT2D eigenvalue weighted by atomic mass is 10.1. The molecule has 0 bridgehead atoms. The van der Waals surface area contributed by atoms with Crippen molar-refractivity contribution in [2.24, 2.45) is 0 Å². The first-order valence-electron chi connectivity index (χ1n) is 5.80. The molecule has 2 aromatic rings. The third-order valence-electron chi connectivity index (χ3n) is 2.73. The van der Waals surface area contributed by atoms with Gasteiger partial charge in [-0.3, -0.25) is 0 Å². The topological polar surface area (TPSA) is 51.8 Å². The fourth-order valence-electron chi connectivity index (χ4n) is 1.84. The molecule has 0 atom stereocenters. The summed E-state index contributed by atoms with van der Waals surface area (Å²) in [6.07, 6.45) is 0. The fourth-order valence-corrected chi connectivity index (χ4v) is 3.62. The van der Waals surface area contributed by atoms with Crippen LogP contribution in [-0.4, -0.2) is 9.97 Å². The summed E-state index contributed by atoms with van der Waals surface area (Å²) in [5.41, 5.74) is 8.13. The summed E-state index contributed by atoms with van der Waals surface area (Å²) >= 11 is 3.99. The number of nitrogen functional groups attached to an aromatic ring is 1. The molecule has 0 saturated heterocycles. The Labute approximate surface area is 125 Å². The highest BCUT2D eigenvalue weighted by Gasteiger charge is 2.16. The number of thiophene rings is 1. The van der Waals surface area contributed by atoms with Crippen molar-refractivity contribution in [3.8, 4) is 11.4 Å². The Bertz CT molecular complexity index is 590. The standard InChI is InChI=1S/C13H16IN3S/c1-6(2)11-10(14)12(15)17-13(16-11)9-5-7(3)18-8(9)4/h5-6H,1-4H3,(H2,15,16,17). The van der Waals surface area contributed by atoms with E-state index in [0.717, 1.165) is 20.7 Å². The van der Waals surface area contributed by atoms with Gasteiger partial charge in [-0.15, -0.1) is 11.3 Å². The van der Waals surface area contributed by atoms with Crippen molar-refractivity contribution in [1.29, 1.82) is 0 Å². The Morgan fingerprint density at radius 3 is 2.44 bits per heavy atom. The van der Waals surface area contributed by atoms with E-state index in [0.29, 0.717) is 11.7 Å². The van der Waals surface area contributed by atoms with E-state index in [1.54, 1.807) is 11.3 Å². The van der Waals surface area contributed by atoms with Gasteiger partial charge in [0.15, 0.2) is 5.82 Å². The number of nitrogens with zero attached hydrogens (tertiary/aromatic N) is 2. The number of anilines is 1. The molecular weight excluding hydrogens is 357 g/mol. The minimum absolute atomic E-state index is 0.348. The zero-order chi connectivity index (χ0) is 13.4. The lowest BCUT2D eigenvalue weighted by Gasteiger charge is -2.11. The molecule has 5 heteroatoms. The van der Waals surface area contributed by atoms with E-state index in [1.807, 2.05) is 0 Å². The highest BCUT2D eigenvalue weighted by Crippen LogP contribution is 2.31. The average Bonchev–Trinajstić information content (AvgIpc) is 2.61. The van der Waals surface area contributed by atoms with Crippen LogP contribution in [0, 0.1) is 17.4 Å². The monoisotopic (exact) mass is 373 g/mol. The second-order valence-corrected chi connectivity index (χ2v) is 7.15. The Morgan fingerprint density at radius 2 is 1.94 bits per heavy atom. The van der Waals surface area contributed by atoms with Crippen LogP contribution in [0.3, 0.4) is 0 Å². The Kier molecular flexibility index (Phi) is 3.91. The van der Waals surface area contributed by atoms with E-state index in [-0.39, 0.29) is 0 Å². The molecule has 2 aromatic heterocycles. The normalized spacial score (nSPS) is 11.2. The summed E-state index contributed by atoms with van der Waals surface area (Å²) in [6, 6.07) is 2.13. The van der Waals surface area contributed by atoms with Crippen molar-refractivity contribution >= 4 is 39.7 Å². The molecule has 0 amide bonds. The molecule has 2 N–H and O–H groups in total. The number of nitrogens with two attached hydrogens (primary N) is 1. The van der Waals surface area contributed by atoms with Crippen molar-refractivity contribution in [1.82, 2.24) is 9.97 Å². The molecule has 0 aliphatic carbocycles. The molecule has 0 fully saturated rings. The predicted octanol–water partition coefficient (Wildman–Crippen LogP) is 4.13. The van der Waals surface area contributed by atoms with Gasteiger partial charge in [-0.2, -0.15) is 0 Å². The SMILES string of the molecule is Cc1cc(-c2nc(N)c(I)c(C(C)C)n2)c(C)s1. The maximum Gasteiger partial charge on any atom is 0.162 e. The molecule has 96 valence electrons. The lowest BCUT2D eigenvalue weighted by Crippen LogP contribution is -2.06. The molecule has 2 rings (SSSR count).